The second-order valence-corrected chi connectivity index (χ2v) is 6.60. The van der Waals surface area contributed by atoms with Gasteiger partial charge < -0.3 is 20.3 Å². The number of hydrogen-bond donors (Lipinski definition) is 1. The molecule has 0 radical (unpaired) electrons. The standard InChI is InChI=1S/C14H26N4O2.HI/c1-14(2,3)20-13(19)18-8-6-17(7-9-18)12(15)16-10-11-4-5-11;/h11H,4-10H2,1-3H3,(H2,15,16);1H. The molecule has 122 valence electrons. The summed E-state index contributed by atoms with van der Waals surface area (Å²) in [5, 5.41) is 0. The first-order chi connectivity index (χ1) is 9.35. The van der Waals surface area contributed by atoms with Crippen molar-refractivity contribution in [3.05, 3.63) is 0 Å². The fraction of sp³-hybridized carbons (Fsp3) is 0.857. The largest absolute Gasteiger partial charge is 0.444 e. The summed E-state index contributed by atoms with van der Waals surface area (Å²) in [5.74, 6) is 1.36. The summed E-state index contributed by atoms with van der Waals surface area (Å²) in [6.45, 7) is 9.19. The monoisotopic (exact) mass is 410 g/mol. The van der Waals surface area contributed by atoms with E-state index in [-0.39, 0.29) is 30.1 Å². The van der Waals surface area contributed by atoms with Crippen LogP contribution in [0.25, 0.3) is 0 Å². The number of halogens is 1. The summed E-state index contributed by atoms with van der Waals surface area (Å²) in [5.41, 5.74) is 5.54. The smallest absolute Gasteiger partial charge is 0.410 e. The first-order valence-corrected chi connectivity index (χ1v) is 7.38. The van der Waals surface area contributed by atoms with Crippen molar-refractivity contribution < 1.29 is 9.53 Å². The zero-order valence-electron chi connectivity index (χ0n) is 13.2. The van der Waals surface area contributed by atoms with Gasteiger partial charge in [0.05, 0.1) is 0 Å². The molecule has 0 aromatic heterocycles. The van der Waals surface area contributed by atoms with Gasteiger partial charge in [0.15, 0.2) is 5.96 Å². The van der Waals surface area contributed by atoms with E-state index in [9.17, 15) is 4.79 Å². The molecular formula is C14H27IN4O2. The fourth-order valence-electron chi connectivity index (χ4n) is 2.07. The number of piperazine rings is 1. The molecule has 0 bridgehead atoms. The third-order valence-corrected chi connectivity index (χ3v) is 3.46. The maximum absolute atomic E-state index is 11.9. The Labute approximate surface area is 144 Å². The van der Waals surface area contributed by atoms with Crippen molar-refractivity contribution >= 4 is 36.0 Å². The topological polar surface area (TPSA) is 71.2 Å². The number of rotatable bonds is 2. The lowest BCUT2D eigenvalue weighted by Crippen LogP contribution is -2.53. The van der Waals surface area contributed by atoms with Crippen molar-refractivity contribution in [1.29, 1.82) is 0 Å². The summed E-state index contributed by atoms with van der Waals surface area (Å²) in [6, 6.07) is 0. The molecule has 0 aromatic carbocycles. The molecular weight excluding hydrogens is 383 g/mol. The third-order valence-electron chi connectivity index (χ3n) is 3.46. The molecule has 0 atom stereocenters. The van der Waals surface area contributed by atoms with Crippen LogP contribution in [0, 0.1) is 5.92 Å². The van der Waals surface area contributed by atoms with Crippen molar-refractivity contribution in [3.63, 3.8) is 0 Å². The highest BCUT2D eigenvalue weighted by atomic mass is 127. The molecule has 2 N–H and O–H groups in total. The van der Waals surface area contributed by atoms with Gasteiger partial charge in [-0.05, 0) is 39.5 Å². The van der Waals surface area contributed by atoms with Gasteiger partial charge in [0.1, 0.15) is 5.60 Å². The van der Waals surface area contributed by atoms with Gasteiger partial charge >= 0.3 is 6.09 Å². The van der Waals surface area contributed by atoms with E-state index in [1.165, 1.54) is 12.8 Å². The minimum atomic E-state index is -0.445. The second kappa shape index (κ2) is 7.51. The van der Waals surface area contributed by atoms with Gasteiger partial charge in [0, 0.05) is 32.7 Å². The van der Waals surface area contributed by atoms with Gasteiger partial charge in [-0.2, -0.15) is 0 Å². The first kappa shape index (κ1) is 18.3. The lowest BCUT2D eigenvalue weighted by atomic mass is 10.2. The highest BCUT2D eigenvalue weighted by molar-refractivity contribution is 14.0. The Bertz CT molecular complexity index is 383. The maximum atomic E-state index is 11.9. The summed E-state index contributed by atoms with van der Waals surface area (Å²) in [7, 11) is 0. The van der Waals surface area contributed by atoms with Crippen LogP contribution >= 0.6 is 24.0 Å². The Morgan fingerprint density at radius 2 is 1.71 bits per heavy atom. The number of nitrogens with zero attached hydrogens (tertiary/aromatic N) is 3. The average Bonchev–Trinajstić information content (AvgIpc) is 3.18. The predicted molar refractivity (Wildman–Crippen MR) is 94.0 cm³/mol. The van der Waals surface area contributed by atoms with Crippen LogP contribution < -0.4 is 5.73 Å². The Morgan fingerprint density at radius 1 is 1.19 bits per heavy atom. The number of hydrogen-bond acceptors (Lipinski definition) is 3. The molecule has 0 spiro atoms. The Hall–Kier alpha value is -0.730. The normalized spacial score (nSPS) is 20.0. The number of guanidine groups is 1. The number of carbonyl (C=O) groups is 1. The van der Waals surface area contributed by atoms with Gasteiger partial charge in [-0.25, -0.2) is 4.79 Å². The van der Waals surface area contributed by atoms with Crippen LogP contribution in [-0.2, 0) is 4.74 Å². The molecule has 6 nitrogen and oxygen atoms in total. The van der Waals surface area contributed by atoms with E-state index in [1.54, 1.807) is 4.90 Å². The summed E-state index contributed by atoms with van der Waals surface area (Å²) in [6.07, 6.45) is 2.32. The lowest BCUT2D eigenvalue weighted by molar-refractivity contribution is 0.0186. The van der Waals surface area contributed by atoms with Crippen LogP contribution in [0.1, 0.15) is 33.6 Å². The molecule has 1 amide bonds. The number of aliphatic imine (C=N–C) groups is 1. The summed E-state index contributed by atoms with van der Waals surface area (Å²) >= 11 is 0. The molecule has 1 heterocycles. The van der Waals surface area contributed by atoms with Crippen LogP contribution in [0.3, 0.4) is 0 Å². The Balaban J connectivity index is 0.00000220. The van der Waals surface area contributed by atoms with E-state index in [1.807, 2.05) is 25.7 Å². The minimum absolute atomic E-state index is 0. The molecule has 2 rings (SSSR count). The van der Waals surface area contributed by atoms with Crippen LogP contribution in [0.4, 0.5) is 4.79 Å². The number of nitrogens with two attached hydrogens (primary N) is 1. The van der Waals surface area contributed by atoms with Crippen LogP contribution in [-0.4, -0.2) is 60.2 Å². The zero-order chi connectivity index (χ0) is 14.8. The summed E-state index contributed by atoms with van der Waals surface area (Å²) < 4.78 is 5.37. The van der Waals surface area contributed by atoms with Gasteiger partial charge in [0.2, 0.25) is 0 Å². The minimum Gasteiger partial charge on any atom is -0.444 e. The van der Waals surface area contributed by atoms with E-state index < -0.39 is 5.60 Å². The van der Waals surface area contributed by atoms with Crippen molar-refractivity contribution in [2.45, 2.75) is 39.2 Å². The molecule has 1 aliphatic heterocycles. The summed E-state index contributed by atoms with van der Waals surface area (Å²) in [4.78, 5) is 20.1. The number of ether oxygens (including phenoxy) is 1. The van der Waals surface area contributed by atoms with Crippen LogP contribution in [0.15, 0.2) is 4.99 Å². The van der Waals surface area contributed by atoms with Gasteiger partial charge in [0.25, 0.3) is 0 Å². The van der Waals surface area contributed by atoms with E-state index in [2.05, 4.69) is 4.99 Å². The molecule has 1 aliphatic carbocycles. The van der Waals surface area contributed by atoms with Crippen molar-refractivity contribution in [1.82, 2.24) is 9.80 Å². The number of amides is 1. The van der Waals surface area contributed by atoms with Crippen molar-refractivity contribution in [2.24, 2.45) is 16.6 Å². The molecule has 7 heteroatoms. The average molecular weight is 410 g/mol. The molecule has 2 aliphatic rings. The lowest BCUT2D eigenvalue weighted by Gasteiger charge is -2.36. The zero-order valence-corrected chi connectivity index (χ0v) is 15.5. The van der Waals surface area contributed by atoms with Crippen LogP contribution in [0.2, 0.25) is 0 Å². The van der Waals surface area contributed by atoms with E-state index in [0.29, 0.717) is 19.0 Å². The van der Waals surface area contributed by atoms with Crippen molar-refractivity contribution in [2.75, 3.05) is 32.7 Å². The van der Waals surface area contributed by atoms with Crippen molar-refractivity contribution in [3.8, 4) is 0 Å². The van der Waals surface area contributed by atoms with Gasteiger partial charge in [-0.15, -0.1) is 24.0 Å². The Morgan fingerprint density at radius 3 is 2.19 bits per heavy atom. The fourth-order valence-corrected chi connectivity index (χ4v) is 2.07. The predicted octanol–water partition coefficient (Wildman–Crippen LogP) is 1.88. The first-order valence-electron chi connectivity index (χ1n) is 7.38. The molecule has 1 saturated heterocycles. The SMILES string of the molecule is CC(C)(C)OC(=O)N1CCN(C(N)=NCC2CC2)CC1.I. The molecule has 0 unspecified atom stereocenters. The molecule has 0 aromatic rings. The van der Waals surface area contributed by atoms with E-state index >= 15 is 0 Å². The van der Waals surface area contributed by atoms with E-state index in [4.69, 9.17) is 10.5 Å². The third kappa shape index (κ3) is 6.27. The van der Waals surface area contributed by atoms with Gasteiger partial charge in [-0.1, -0.05) is 0 Å². The Kier molecular flexibility index (Phi) is 6.55. The molecule has 1 saturated carbocycles. The van der Waals surface area contributed by atoms with E-state index in [0.717, 1.165) is 25.6 Å². The number of carbonyl (C=O) groups excluding carboxylic acids is 1. The highest BCUT2D eigenvalue weighted by Gasteiger charge is 2.27. The van der Waals surface area contributed by atoms with Gasteiger partial charge in [-0.3, -0.25) is 4.99 Å². The quantitative estimate of drug-likeness (QED) is 0.429. The van der Waals surface area contributed by atoms with Crippen LogP contribution in [0.5, 0.6) is 0 Å². The second-order valence-electron chi connectivity index (χ2n) is 6.60. The highest BCUT2D eigenvalue weighted by Crippen LogP contribution is 2.28. The maximum Gasteiger partial charge on any atom is 0.410 e. The molecule has 21 heavy (non-hydrogen) atoms. The molecule has 2 fully saturated rings.